The molecule has 2 N–H and O–H groups in total. The molecule has 1 aromatic carbocycles. The van der Waals surface area contributed by atoms with Crippen LogP contribution < -0.4 is 10.6 Å². The number of hydrogen-bond acceptors (Lipinski definition) is 3. The van der Waals surface area contributed by atoms with E-state index in [0.717, 1.165) is 38.8 Å². The normalized spacial score (nSPS) is 18.4. The predicted molar refractivity (Wildman–Crippen MR) is 105 cm³/mol. The zero-order valence-electron chi connectivity index (χ0n) is 15.2. The minimum absolute atomic E-state index is 0.00541. The van der Waals surface area contributed by atoms with Crippen LogP contribution in [0, 0.1) is 0 Å². The first kappa shape index (κ1) is 19.0. The number of rotatable bonds is 5. The topological polar surface area (TPSA) is 61.4 Å². The van der Waals surface area contributed by atoms with Crippen LogP contribution in [0.25, 0.3) is 0 Å². The van der Waals surface area contributed by atoms with Crippen LogP contribution in [0.5, 0.6) is 0 Å². The highest BCUT2D eigenvalue weighted by Gasteiger charge is 2.22. The molecule has 1 heterocycles. The summed E-state index contributed by atoms with van der Waals surface area (Å²) in [6, 6.07) is 5.47. The van der Waals surface area contributed by atoms with Crippen molar-refractivity contribution >= 4 is 29.1 Å². The van der Waals surface area contributed by atoms with Crippen molar-refractivity contribution in [1.82, 2.24) is 10.2 Å². The number of benzene rings is 1. The van der Waals surface area contributed by atoms with Gasteiger partial charge < -0.3 is 15.5 Å². The van der Waals surface area contributed by atoms with Gasteiger partial charge in [-0.05, 0) is 43.9 Å². The largest absolute Gasteiger partial charge is 0.375 e. The van der Waals surface area contributed by atoms with Crippen molar-refractivity contribution in [3.8, 4) is 0 Å². The summed E-state index contributed by atoms with van der Waals surface area (Å²) in [7, 11) is 0. The zero-order valence-corrected chi connectivity index (χ0v) is 16.0. The third kappa shape index (κ3) is 5.13. The first-order valence-electron chi connectivity index (χ1n) is 9.75. The molecule has 0 aromatic heterocycles. The number of anilines is 1. The number of carbonyl (C=O) groups excluding carboxylic acids is 2. The Morgan fingerprint density at radius 1 is 1.04 bits per heavy atom. The Labute approximate surface area is 160 Å². The fourth-order valence-electron chi connectivity index (χ4n) is 3.82. The van der Waals surface area contributed by atoms with Crippen molar-refractivity contribution in [2.24, 2.45) is 0 Å². The molecule has 0 unspecified atom stereocenters. The van der Waals surface area contributed by atoms with Gasteiger partial charge in [0, 0.05) is 29.8 Å². The molecule has 1 aromatic rings. The molecule has 0 bridgehead atoms. The molecule has 142 valence electrons. The van der Waals surface area contributed by atoms with Gasteiger partial charge >= 0.3 is 0 Å². The second-order valence-electron chi connectivity index (χ2n) is 7.30. The molecule has 2 amide bonds. The molecule has 2 aliphatic rings. The maximum atomic E-state index is 12.7. The monoisotopic (exact) mass is 377 g/mol. The summed E-state index contributed by atoms with van der Waals surface area (Å²) in [5.41, 5.74) is 1.21. The number of carbonyl (C=O) groups is 2. The fourth-order valence-corrected chi connectivity index (χ4v) is 3.99. The smallest absolute Gasteiger partial charge is 0.255 e. The van der Waals surface area contributed by atoms with Gasteiger partial charge in [0.05, 0.1) is 12.1 Å². The van der Waals surface area contributed by atoms with Crippen molar-refractivity contribution in [3.63, 3.8) is 0 Å². The van der Waals surface area contributed by atoms with Gasteiger partial charge in [-0.2, -0.15) is 0 Å². The minimum Gasteiger partial charge on any atom is -0.375 e. The highest BCUT2D eigenvalue weighted by Crippen LogP contribution is 2.24. The van der Waals surface area contributed by atoms with Gasteiger partial charge in [-0.3, -0.25) is 9.59 Å². The molecule has 0 atom stereocenters. The van der Waals surface area contributed by atoms with E-state index < -0.39 is 0 Å². The van der Waals surface area contributed by atoms with Crippen LogP contribution in [0.15, 0.2) is 18.2 Å². The Hall–Kier alpha value is -1.75. The minimum atomic E-state index is -0.0311. The Kier molecular flexibility index (Phi) is 6.78. The van der Waals surface area contributed by atoms with Crippen molar-refractivity contribution in [2.75, 3.05) is 25.0 Å². The Bertz CT molecular complexity index is 636. The van der Waals surface area contributed by atoms with E-state index in [1.54, 1.807) is 18.2 Å². The molecule has 1 saturated carbocycles. The van der Waals surface area contributed by atoms with Crippen LogP contribution in [0.2, 0.25) is 5.02 Å². The molecule has 26 heavy (non-hydrogen) atoms. The highest BCUT2D eigenvalue weighted by molar-refractivity contribution is 6.31. The number of nitrogens with zero attached hydrogens (tertiary/aromatic N) is 1. The quantitative estimate of drug-likeness (QED) is 0.766. The van der Waals surface area contributed by atoms with E-state index in [2.05, 4.69) is 10.6 Å². The van der Waals surface area contributed by atoms with E-state index in [1.807, 2.05) is 4.90 Å². The van der Waals surface area contributed by atoms with Crippen LogP contribution in [0.1, 0.15) is 61.7 Å². The van der Waals surface area contributed by atoms with Crippen LogP contribution in [0.3, 0.4) is 0 Å². The van der Waals surface area contributed by atoms with Gasteiger partial charge in [0.1, 0.15) is 0 Å². The van der Waals surface area contributed by atoms with Crippen LogP contribution in [0.4, 0.5) is 5.69 Å². The van der Waals surface area contributed by atoms with Crippen molar-refractivity contribution < 1.29 is 9.59 Å². The van der Waals surface area contributed by atoms with Crippen molar-refractivity contribution in [1.29, 1.82) is 0 Å². The summed E-state index contributed by atoms with van der Waals surface area (Å²) < 4.78 is 0. The van der Waals surface area contributed by atoms with Crippen LogP contribution >= 0.6 is 11.6 Å². The lowest BCUT2D eigenvalue weighted by Gasteiger charge is -2.20. The summed E-state index contributed by atoms with van der Waals surface area (Å²) in [6.45, 7) is 1.74. The molecule has 1 aliphatic carbocycles. The van der Waals surface area contributed by atoms with Gasteiger partial charge in [-0.1, -0.05) is 37.3 Å². The summed E-state index contributed by atoms with van der Waals surface area (Å²) >= 11 is 6.10. The number of amides is 2. The SMILES string of the molecule is O=C(CNc1cc(Cl)ccc1C(=O)N1CCCC1)NC1CCCCCC1. The lowest BCUT2D eigenvalue weighted by atomic mass is 10.1. The first-order chi connectivity index (χ1) is 12.6. The molecule has 1 aliphatic heterocycles. The molecule has 0 spiro atoms. The van der Waals surface area contributed by atoms with Crippen LogP contribution in [-0.2, 0) is 4.79 Å². The van der Waals surface area contributed by atoms with Crippen molar-refractivity contribution in [3.05, 3.63) is 28.8 Å². The van der Waals surface area contributed by atoms with Gasteiger partial charge in [0.2, 0.25) is 5.91 Å². The van der Waals surface area contributed by atoms with E-state index in [-0.39, 0.29) is 24.4 Å². The molecule has 0 radical (unpaired) electrons. The first-order valence-corrected chi connectivity index (χ1v) is 10.1. The summed E-state index contributed by atoms with van der Waals surface area (Å²) in [5.74, 6) is -0.0257. The van der Waals surface area contributed by atoms with E-state index in [4.69, 9.17) is 11.6 Å². The summed E-state index contributed by atoms with van der Waals surface area (Å²) in [5, 5.41) is 6.79. The average Bonchev–Trinajstić information content (AvgIpc) is 3.05. The Balaban J connectivity index is 1.60. The molecule has 2 fully saturated rings. The Morgan fingerprint density at radius 3 is 2.42 bits per heavy atom. The maximum Gasteiger partial charge on any atom is 0.255 e. The van der Waals surface area contributed by atoms with Gasteiger partial charge in [0.25, 0.3) is 5.91 Å². The van der Waals surface area contributed by atoms with Gasteiger partial charge in [-0.15, -0.1) is 0 Å². The molecule has 3 rings (SSSR count). The van der Waals surface area contributed by atoms with E-state index in [1.165, 1.54) is 25.7 Å². The Morgan fingerprint density at radius 2 is 1.73 bits per heavy atom. The third-order valence-electron chi connectivity index (χ3n) is 5.26. The highest BCUT2D eigenvalue weighted by atomic mass is 35.5. The van der Waals surface area contributed by atoms with Gasteiger partial charge in [-0.25, -0.2) is 0 Å². The molecular weight excluding hydrogens is 350 g/mol. The van der Waals surface area contributed by atoms with Crippen molar-refractivity contribution in [2.45, 2.75) is 57.4 Å². The van der Waals surface area contributed by atoms with E-state index in [9.17, 15) is 9.59 Å². The molecule has 5 nitrogen and oxygen atoms in total. The molecule has 1 saturated heterocycles. The number of hydrogen-bond donors (Lipinski definition) is 2. The van der Waals surface area contributed by atoms with Gasteiger partial charge in [0.15, 0.2) is 0 Å². The standard InChI is InChI=1S/C20H28ClN3O2/c21-15-9-10-17(20(26)24-11-5-6-12-24)18(13-15)22-14-19(25)23-16-7-3-1-2-4-8-16/h9-10,13,16,22H,1-8,11-12,14H2,(H,23,25). The molecular formula is C20H28ClN3O2. The summed E-state index contributed by atoms with van der Waals surface area (Å²) in [4.78, 5) is 26.9. The zero-order chi connectivity index (χ0) is 18.4. The maximum absolute atomic E-state index is 12.7. The predicted octanol–water partition coefficient (Wildman–Crippen LogP) is 3.83. The second-order valence-corrected chi connectivity index (χ2v) is 7.74. The average molecular weight is 378 g/mol. The number of nitrogens with one attached hydrogen (secondary N) is 2. The summed E-state index contributed by atoms with van der Waals surface area (Å²) in [6.07, 6.45) is 9.09. The fraction of sp³-hybridized carbons (Fsp3) is 0.600. The number of likely N-dealkylation sites (tertiary alicyclic amines) is 1. The third-order valence-corrected chi connectivity index (χ3v) is 5.50. The van der Waals surface area contributed by atoms with E-state index in [0.29, 0.717) is 16.3 Å². The number of halogens is 1. The lowest BCUT2D eigenvalue weighted by molar-refractivity contribution is -0.120. The van der Waals surface area contributed by atoms with Crippen LogP contribution in [-0.4, -0.2) is 42.4 Å². The second kappa shape index (κ2) is 9.26. The molecule has 6 heteroatoms. The lowest BCUT2D eigenvalue weighted by Crippen LogP contribution is -2.38. The van der Waals surface area contributed by atoms with E-state index >= 15 is 0 Å².